The Morgan fingerprint density at radius 3 is 2.39 bits per heavy atom. The molecule has 2 aromatic carbocycles. The summed E-state index contributed by atoms with van der Waals surface area (Å²) in [6, 6.07) is 13.4. The van der Waals surface area contributed by atoms with Crippen molar-refractivity contribution in [1.82, 2.24) is 14.5 Å². The van der Waals surface area contributed by atoms with Gasteiger partial charge in [0.25, 0.3) is 5.56 Å². The first-order valence-electron chi connectivity index (χ1n) is 11.7. The number of aliphatic imine (C=N–C) groups is 1. The van der Waals surface area contributed by atoms with E-state index in [1.807, 2.05) is 6.92 Å². The minimum atomic E-state index is -0.572. The Bertz CT molecular complexity index is 1310. The molecule has 1 heterocycles. The molecule has 36 heavy (non-hydrogen) atoms. The van der Waals surface area contributed by atoms with Gasteiger partial charge in [0.15, 0.2) is 4.77 Å². The van der Waals surface area contributed by atoms with Crippen LogP contribution in [0.1, 0.15) is 36.7 Å². The maximum absolute atomic E-state index is 12.5. The minimum Gasteiger partial charge on any atom is -0.494 e. The second-order valence-electron chi connectivity index (χ2n) is 7.73. The zero-order valence-electron chi connectivity index (χ0n) is 20.6. The number of H-pyrrole nitrogens is 1. The summed E-state index contributed by atoms with van der Waals surface area (Å²) in [5, 5.41) is 10.8. The molecule has 0 saturated carbocycles. The number of esters is 1. The number of nitrogens with one attached hydrogen (secondary N) is 1. The lowest BCUT2D eigenvalue weighted by Crippen LogP contribution is -2.27. The zero-order valence-corrected chi connectivity index (χ0v) is 21.4. The van der Waals surface area contributed by atoms with Crippen LogP contribution in [-0.2, 0) is 4.74 Å². The Labute approximate surface area is 214 Å². The van der Waals surface area contributed by atoms with E-state index in [9.17, 15) is 14.7 Å². The highest BCUT2D eigenvalue weighted by molar-refractivity contribution is 7.71. The van der Waals surface area contributed by atoms with Crippen LogP contribution in [0.3, 0.4) is 0 Å². The van der Waals surface area contributed by atoms with Crippen molar-refractivity contribution < 1.29 is 19.4 Å². The number of hydrogen-bond acceptors (Lipinski definition) is 8. The molecule has 0 spiro atoms. The summed E-state index contributed by atoms with van der Waals surface area (Å²) in [6.07, 6.45) is 1.26. The zero-order chi connectivity index (χ0) is 26.1. The average Bonchev–Trinajstić information content (AvgIpc) is 2.87. The summed E-state index contributed by atoms with van der Waals surface area (Å²) in [6.45, 7) is 9.32. The van der Waals surface area contributed by atoms with Gasteiger partial charge in [0.1, 0.15) is 17.9 Å². The van der Waals surface area contributed by atoms with E-state index >= 15 is 0 Å². The number of rotatable bonds is 11. The smallest absolute Gasteiger partial charge is 0.338 e. The predicted octanol–water partition coefficient (Wildman–Crippen LogP) is 4.25. The Morgan fingerprint density at radius 1 is 1.11 bits per heavy atom. The molecule has 190 valence electrons. The molecule has 0 aliphatic rings. The third-order valence-corrected chi connectivity index (χ3v) is 5.79. The van der Waals surface area contributed by atoms with Gasteiger partial charge in [0, 0.05) is 12.8 Å². The molecule has 0 fully saturated rings. The number of benzene rings is 2. The molecular formula is C26H30N4O5S. The molecule has 0 radical (unpaired) electrons. The molecule has 3 rings (SSSR count). The fourth-order valence-electron chi connectivity index (χ4n) is 3.47. The van der Waals surface area contributed by atoms with Gasteiger partial charge in [-0.1, -0.05) is 13.8 Å². The van der Waals surface area contributed by atoms with E-state index in [-0.39, 0.29) is 16.2 Å². The molecular weight excluding hydrogens is 480 g/mol. The lowest BCUT2D eigenvalue weighted by atomic mass is 10.2. The summed E-state index contributed by atoms with van der Waals surface area (Å²) in [5.41, 5.74) is 0.812. The van der Waals surface area contributed by atoms with Crippen molar-refractivity contribution in [3.8, 4) is 17.3 Å². The lowest BCUT2D eigenvalue weighted by molar-refractivity contribution is 0.0466. The molecule has 0 unspecified atom stereocenters. The number of carbonyl (C=O) groups excluding carboxylic acids is 1. The van der Waals surface area contributed by atoms with E-state index in [2.05, 4.69) is 28.7 Å². The van der Waals surface area contributed by atoms with E-state index in [1.165, 1.54) is 10.8 Å². The van der Waals surface area contributed by atoms with Crippen molar-refractivity contribution in [2.45, 2.75) is 20.8 Å². The summed E-state index contributed by atoms with van der Waals surface area (Å²) in [7, 11) is 0. The first kappa shape index (κ1) is 26.8. The van der Waals surface area contributed by atoms with Crippen LogP contribution in [0.4, 0.5) is 5.69 Å². The summed E-state index contributed by atoms with van der Waals surface area (Å²) in [4.78, 5) is 33.7. The first-order chi connectivity index (χ1) is 17.4. The topological polar surface area (TPSA) is 109 Å². The standard InChI is InChI=1S/C26H30N4O5S/c1-4-29(5-2)15-16-35-25(33)18-7-9-19(10-8-18)27-17-22-23(31)28-26(36)30(24(22)32)20-11-13-21(14-12-20)34-6-3/h7-14,17,32H,4-6,15-16H2,1-3H3,(H,28,31,36). The fourth-order valence-corrected chi connectivity index (χ4v) is 3.75. The Morgan fingerprint density at radius 2 is 1.78 bits per heavy atom. The van der Waals surface area contributed by atoms with Crippen LogP contribution in [0.2, 0.25) is 0 Å². The van der Waals surface area contributed by atoms with Crippen LogP contribution >= 0.6 is 12.2 Å². The number of carbonyl (C=O) groups is 1. The Hall–Kier alpha value is -3.76. The van der Waals surface area contributed by atoms with Crippen molar-refractivity contribution in [1.29, 1.82) is 0 Å². The third kappa shape index (κ3) is 6.67. The van der Waals surface area contributed by atoms with Crippen molar-refractivity contribution in [2.75, 3.05) is 32.8 Å². The number of ether oxygens (including phenoxy) is 2. The Balaban J connectivity index is 1.76. The van der Waals surface area contributed by atoms with Crippen molar-refractivity contribution >= 4 is 30.1 Å². The lowest BCUT2D eigenvalue weighted by Gasteiger charge is -2.17. The van der Waals surface area contributed by atoms with Gasteiger partial charge in [-0.25, -0.2) is 4.79 Å². The summed E-state index contributed by atoms with van der Waals surface area (Å²) in [5.74, 6) is -0.0797. The van der Waals surface area contributed by atoms with Crippen molar-refractivity contribution in [3.63, 3.8) is 0 Å². The average molecular weight is 511 g/mol. The molecule has 0 saturated heterocycles. The van der Waals surface area contributed by atoms with Crippen LogP contribution in [0.5, 0.6) is 11.6 Å². The van der Waals surface area contributed by atoms with Crippen LogP contribution < -0.4 is 10.3 Å². The SMILES string of the molecule is CCOc1ccc(-n2c(O)c(C=Nc3ccc(C(=O)OCCN(CC)CC)cc3)c(=O)[nH]c2=S)cc1. The number of likely N-dealkylation sites (N-methyl/N-ethyl adjacent to an activating group) is 1. The summed E-state index contributed by atoms with van der Waals surface area (Å²) < 4.78 is 12.2. The highest BCUT2D eigenvalue weighted by Crippen LogP contribution is 2.22. The molecule has 3 aromatic rings. The maximum Gasteiger partial charge on any atom is 0.338 e. The second kappa shape index (κ2) is 12.8. The van der Waals surface area contributed by atoms with Gasteiger partial charge in [-0.3, -0.25) is 19.3 Å². The first-order valence-corrected chi connectivity index (χ1v) is 12.1. The van der Waals surface area contributed by atoms with Crippen LogP contribution in [0, 0.1) is 4.77 Å². The van der Waals surface area contributed by atoms with Crippen LogP contribution in [-0.4, -0.2) is 64.6 Å². The monoisotopic (exact) mass is 510 g/mol. The number of aromatic amines is 1. The van der Waals surface area contributed by atoms with Gasteiger partial charge in [-0.2, -0.15) is 0 Å². The van der Waals surface area contributed by atoms with Gasteiger partial charge in [0.2, 0.25) is 5.88 Å². The van der Waals surface area contributed by atoms with Gasteiger partial charge in [0.05, 0.1) is 23.5 Å². The molecule has 10 heteroatoms. The van der Waals surface area contributed by atoms with E-state index in [0.29, 0.717) is 42.4 Å². The molecule has 2 N–H and O–H groups in total. The molecule has 0 aliphatic carbocycles. The van der Waals surface area contributed by atoms with E-state index in [4.69, 9.17) is 21.7 Å². The molecule has 0 atom stereocenters. The number of aromatic nitrogens is 2. The second-order valence-corrected chi connectivity index (χ2v) is 8.11. The van der Waals surface area contributed by atoms with E-state index in [0.717, 1.165) is 13.1 Å². The van der Waals surface area contributed by atoms with E-state index in [1.54, 1.807) is 48.5 Å². The van der Waals surface area contributed by atoms with Crippen molar-refractivity contribution in [2.24, 2.45) is 4.99 Å². The molecule has 0 bridgehead atoms. The number of aromatic hydroxyl groups is 1. The maximum atomic E-state index is 12.5. The van der Waals surface area contributed by atoms with Crippen LogP contribution in [0.15, 0.2) is 58.3 Å². The van der Waals surface area contributed by atoms with E-state index < -0.39 is 11.5 Å². The highest BCUT2D eigenvalue weighted by Gasteiger charge is 2.13. The molecule has 0 aliphatic heterocycles. The molecule has 0 amide bonds. The van der Waals surface area contributed by atoms with Gasteiger partial charge in [-0.15, -0.1) is 0 Å². The normalized spacial score (nSPS) is 11.2. The van der Waals surface area contributed by atoms with Gasteiger partial charge >= 0.3 is 5.97 Å². The quantitative estimate of drug-likeness (QED) is 0.225. The molecule has 1 aromatic heterocycles. The highest BCUT2D eigenvalue weighted by atomic mass is 32.1. The fraction of sp³-hybridized carbons (Fsp3) is 0.308. The Kier molecular flexibility index (Phi) is 9.54. The number of hydrogen-bond donors (Lipinski definition) is 2. The van der Waals surface area contributed by atoms with Gasteiger partial charge < -0.3 is 19.5 Å². The van der Waals surface area contributed by atoms with Crippen molar-refractivity contribution in [3.05, 3.63) is 74.8 Å². The van der Waals surface area contributed by atoms with Gasteiger partial charge in [-0.05, 0) is 80.8 Å². The largest absolute Gasteiger partial charge is 0.494 e. The number of nitrogens with zero attached hydrogens (tertiary/aromatic N) is 3. The molecule has 9 nitrogen and oxygen atoms in total. The predicted molar refractivity (Wildman–Crippen MR) is 142 cm³/mol. The minimum absolute atomic E-state index is 0.0441. The van der Waals surface area contributed by atoms with Crippen LogP contribution in [0.25, 0.3) is 5.69 Å². The third-order valence-electron chi connectivity index (χ3n) is 5.51. The summed E-state index contributed by atoms with van der Waals surface area (Å²) >= 11 is 5.25.